The molecule has 142 valence electrons. The molecule has 5 heteroatoms. The first kappa shape index (κ1) is 18.9. The second kappa shape index (κ2) is 8.29. The van der Waals surface area contributed by atoms with Gasteiger partial charge in [-0.1, -0.05) is 54.6 Å². The highest BCUT2D eigenvalue weighted by molar-refractivity contribution is 9.10. The molecule has 0 saturated heterocycles. The molecule has 0 bridgehead atoms. The monoisotopic (exact) mass is 446 g/mol. The van der Waals surface area contributed by atoms with Gasteiger partial charge in [-0.05, 0) is 51.8 Å². The van der Waals surface area contributed by atoms with Crippen LogP contribution in [0.4, 0.5) is 0 Å². The Kier molecular flexibility index (Phi) is 5.40. The zero-order chi connectivity index (χ0) is 20.2. The number of carbonyl (C=O) groups is 2. The number of ether oxygens (including phenoxy) is 2. The molecule has 0 aliphatic carbocycles. The zero-order valence-electron chi connectivity index (χ0n) is 15.2. The molecule has 29 heavy (non-hydrogen) atoms. The first-order valence-electron chi connectivity index (χ1n) is 8.88. The molecule has 0 radical (unpaired) electrons. The van der Waals surface area contributed by atoms with Crippen LogP contribution in [-0.2, 0) is 0 Å². The van der Waals surface area contributed by atoms with Gasteiger partial charge in [-0.2, -0.15) is 0 Å². The van der Waals surface area contributed by atoms with Crippen molar-refractivity contribution < 1.29 is 19.1 Å². The maximum atomic E-state index is 12.5. The van der Waals surface area contributed by atoms with Gasteiger partial charge in [0.15, 0.2) is 5.76 Å². The Balaban J connectivity index is 1.50. The number of fused-ring (bicyclic) bond motifs is 1. The van der Waals surface area contributed by atoms with Crippen LogP contribution in [-0.4, -0.2) is 11.8 Å². The van der Waals surface area contributed by atoms with Crippen LogP contribution in [0.15, 0.2) is 95.2 Å². The summed E-state index contributed by atoms with van der Waals surface area (Å²) in [4.78, 5) is 24.9. The Morgan fingerprint density at radius 2 is 1.72 bits per heavy atom. The van der Waals surface area contributed by atoms with Crippen LogP contribution in [0, 0.1) is 0 Å². The summed E-state index contributed by atoms with van der Waals surface area (Å²) in [5.41, 5.74) is 1.87. The molecule has 0 aromatic heterocycles. The van der Waals surface area contributed by atoms with Crippen molar-refractivity contribution in [3.63, 3.8) is 0 Å². The van der Waals surface area contributed by atoms with Crippen LogP contribution in [0.2, 0.25) is 0 Å². The topological polar surface area (TPSA) is 52.6 Å². The van der Waals surface area contributed by atoms with E-state index in [0.29, 0.717) is 27.1 Å². The van der Waals surface area contributed by atoms with E-state index < -0.39 is 5.97 Å². The van der Waals surface area contributed by atoms with Gasteiger partial charge in [0.05, 0.1) is 11.1 Å². The van der Waals surface area contributed by atoms with Crippen LogP contribution in [0.1, 0.15) is 26.3 Å². The average Bonchev–Trinajstić information content (AvgIpc) is 3.04. The highest BCUT2D eigenvalue weighted by Crippen LogP contribution is 2.34. The fourth-order valence-electron chi connectivity index (χ4n) is 2.84. The fourth-order valence-corrected chi connectivity index (χ4v) is 3.29. The quantitative estimate of drug-likeness (QED) is 0.287. The van der Waals surface area contributed by atoms with E-state index in [2.05, 4.69) is 15.9 Å². The molecule has 0 spiro atoms. The van der Waals surface area contributed by atoms with E-state index in [4.69, 9.17) is 9.47 Å². The second-order valence-corrected chi connectivity index (χ2v) is 7.11. The minimum atomic E-state index is -0.497. The molecule has 4 rings (SSSR count). The largest absolute Gasteiger partial charge is 0.452 e. The number of Topliss-reactive ketones (excluding diaryl/α,β-unsaturated/α-hetero) is 1. The molecule has 0 N–H and O–H groups in total. The van der Waals surface area contributed by atoms with Crippen LogP contribution < -0.4 is 9.47 Å². The lowest BCUT2D eigenvalue weighted by atomic mass is 10.1. The molecular weight excluding hydrogens is 432 g/mol. The normalized spacial score (nSPS) is 14.1. The average molecular weight is 447 g/mol. The Morgan fingerprint density at radius 3 is 2.52 bits per heavy atom. The first-order valence-corrected chi connectivity index (χ1v) is 9.68. The summed E-state index contributed by atoms with van der Waals surface area (Å²) < 4.78 is 11.7. The van der Waals surface area contributed by atoms with Crippen molar-refractivity contribution >= 4 is 33.8 Å². The third-order valence-electron chi connectivity index (χ3n) is 4.28. The van der Waals surface area contributed by atoms with Crippen molar-refractivity contribution in [1.29, 1.82) is 0 Å². The van der Waals surface area contributed by atoms with Crippen molar-refractivity contribution in [2.75, 3.05) is 0 Å². The summed E-state index contributed by atoms with van der Waals surface area (Å²) in [6.07, 6.45) is 5.28. The molecule has 1 aliphatic heterocycles. The van der Waals surface area contributed by atoms with E-state index >= 15 is 0 Å². The van der Waals surface area contributed by atoms with Crippen LogP contribution in [0.5, 0.6) is 11.5 Å². The summed E-state index contributed by atoms with van der Waals surface area (Å²) in [6, 6.07) is 21.5. The van der Waals surface area contributed by atoms with Crippen molar-refractivity contribution in [2.45, 2.75) is 0 Å². The molecule has 1 heterocycles. The van der Waals surface area contributed by atoms with Crippen molar-refractivity contribution in [1.82, 2.24) is 0 Å². The minimum Gasteiger partial charge on any atom is -0.452 e. The Bertz CT molecular complexity index is 1150. The smallest absolute Gasteiger partial charge is 0.344 e. The number of carbonyl (C=O) groups excluding carboxylic acids is 2. The molecule has 0 unspecified atom stereocenters. The van der Waals surface area contributed by atoms with Gasteiger partial charge in [-0.15, -0.1) is 0 Å². The van der Waals surface area contributed by atoms with Gasteiger partial charge >= 0.3 is 5.97 Å². The molecule has 0 amide bonds. The van der Waals surface area contributed by atoms with Gasteiger partial charge < -0.3 is 9.47 Å². The predicted molar refractivity (Wildman–Crippen MR) is 114 cm³/mol. The fraction of sp³-hybridized carbons (Fsp3) is 0. The number of hydrogen-bond donors (Lipinski definition) is 0. The highest BCUT2D eigenvalue weighted by atomic mass is 79.9. The predicted octanol–water partition coefficient (Wildman–Crippen LogP) is 5.84. The first-order chi connectivity index (χ1) is 14.1. The van der Waals surface area contributed by atoms with E-state index in [1.54, 1.807) is 48.6 Å². The highest BCUT2D eigenvalue weighted by Gasteiger charge is 2.27. The standard InChI is InChI=1S/C24H15BrO4/c25-20-11-5-4-10-18(20)24(27)28-17-13-14-19-22(15-17)29-21(23(19)26)12-6-9-16-7-2-1-3-8-16/h1-15H. The van der Waals surface area contributed by atoms with Crippen molar-refractivity contribution in [2.24, 2.45) is 0 Å². The van der Waals surface area contributed by atoms with Crippen LogP contribution >= 0.6 is 15.9 Å². The summed E-state index contributed by atoms with van der Waals surface area (Å²) in [7, 11) is 0. The summed E-state index contributed by atoms with van der Waals surface area (Å²) in [6.45, 7) is 0. The van der Waals surface area contributed by atoms with E-state index in [1.807, 2.05) is 42.5 Å². The number of rotatable bonds is 4. The van der Waals surface area contributed by atoms with E-state index in [9.17, 15) is 9.59 Å². The van der Waals surface area contributed by atoms with Gasteiger partial charge in [-0.25, -0.2) is 4.79 Å². The lowest BCUT2D eigenvalue weighted by Gasteiger charge is -2.06. The van der Waals surface area contributed by atoms with Crippen LogP contribution in [0.25, 0.3) is 6.08 Å². The number of halogens is 1. The minimum absolute atomic E-state index is 0.207. The van der Waals surface area contributed by atoms with Crippen LogP contribution in [0.3, 0.4) is 0 Å². The number of ketones is 1. The maximum Gasteiger partial charge on any atom is 0.344 e. The zero-order valence-corrected chi connectivity index (χ0v) is 16.8. The second-order valence-electron chi connectivity index (χ2n) is 6.26. The maximum absolute atomic E-state index is 12.5. The Hall–Kier alpha value is -3.44. The van der Waals surface area contributed by atoms with E-state index in [-0.39, 0.29) is 11.5 Å². The summed E-state index contributed by atoms with van der Waals surface area (Å²) in [5, 5.41) is 0. The number of benzene rings is 3. The number of esters is 1. The molecule has 1 aliphatic rings. The summed E-state index contributed by atoms with van der Waals surface area (Å²) in [5.74, 6) is 0.191. The third-order valence-corrected chi connectivity index (χ3v) is 4.97. The summed E-state index contributed by atoms with van der Waals surface area (Å²) >= 11 is 3.33. The SMILES string of the molecule is O=C(Oc1ccc2c(c1)OC(=CC=Cc1ccccc1)C2=O)c1ccccc1Br. The van der Waals surface area contributed by atoms with Crippen molar-refractivity contribution in [3.05, 3.63) is 112 Å². The number of hydrogen-bond acceptors (Lipinski definition) is 4. The van der Waals surface area contributed by atoms with Gasteiger partial charge in [0.2, 0.25) is 5.78 Å². The van der Waals surface area contributed by atoms with Gasteiger partial charge in [0.1, 0.15) is 11.5 Å². The lowest BCUT2D eigenvalue weighted by molar-refractivity contribution is 0.0733. The molecule has 0 saturated carbocycles. The third kappa shape index (κ3) is 4.20. The molecule has 3 aromatic rings. The van der Waals surface area contributed by atoms with Gasteiger partial charge in [-0.3, -0.25) is 4.79 Å². The van der Waals surface area contributed by atoms with Gasteiger partial charge in [0, 0.05) is 10.5 Å². The Morgan fingerprint density at radius 1 is 0.966 bits per heavy atom. The van der Waals surface area contributed by atoms with E-state index in [1.165, 1.54) is 0 Å². The molecule has 3 aromatic carbocycles. The molecule has 4 nitrogen and oxygen atoms in total. The molecular formula is C24H15BrO4. The Labute approximate surface area is 176 Å². The van der Waals surface area contributed by atoms with E-state index in [0.717, 1.165) is 5.56 Å². The number of allylic oxidation sites excluding steroid dienone is 3. The molecule has 0 atom stereocenters. The lowest BCUT2D eigenvalue weighted by Crippen LogP contribution is -2.09. The van der Waals surface area contributed by atoms with Gasteiger partial charge in [0.25, 0.3) is 0 Å². The molecule has 0 fully saturated rings. The van der Waals surface area contributed by atoms with Crippen molar-refractivity contribution in [3.8, 4) is 11.5 Å².